The quantitative estimate of drug-likeness (QED) is 0.554. The van der Waals surface area contributed by atoms with Crippen LogP contribution >= 0.6 is 0 Å². The predicted molar refractivity (Wildman–Crippen MR) is 54.5 cm³/mol. The molecule has 1 heteroatoms. The first-order valence-electron chi connectivity index (χ1n) is 5.43. The molecule has 2 aliphatic carbocycles. The van der Waals surface area contributed by atoms with Gasteiger partial charge < -0.3 is 4.74 Å². The molecule has 0 spiro atoms. The molecule has 72 valence electrons. The SMILES string of the molecule is C1=C[C@@H]2CC2C2=C1COCC2.CC. The van der Waals surface area contributed by atoms with E-state index in [1.807, 2.05) is 13.8 Å². The van der Waals surface area contributed by atoms with Gasteiger partial charge in [-0.1, -0.05) is 31.6 Å². The van der Waals surface area contributed by atoms with E-state index in [-0.39, 0.29) is 0 Å². The molecule has 0 radical (unpaired) electrons. The van der Waals surface area contributed by atoms with Crippen LogP contribution in [0.15, 0.2) is 23.3 Å². The van der Waals surface area contributed by atoms with Gasteiger partial charge in [0.2, 0.25) is 0 Å². The van der Waals surface area contributed by atoms with Gasteiger partial charge in [-0.3, -0.25) is 0 Å². The molecule has 0 aromatic rings. The highest BCUT2D eigenvalue weighted by Crippen LogP contribution is 2.50. The molecular weight excluding hydrogens is 160 g/mol. The zero-order valence-corrected chi connectivity index (χ0v) is 8.55. The Kier molecular flexibility index (Phi) is 2.54. The molecule has 0 N–H and O–H groups in total. The van der Waals surface area contributed by atoms with Crippen molar-refractivity contribution in [2.24, 2.45) is 11.8 Å². The summed E-state index contributed by atoms with van der Waals surface area (Å²) in [4.78, 5) is 0. The minimum Gasteiger partial charge on any atom is -0.376 e. The fourth-order valence-electron chi connectivity index (χ4n) is 2.26. The molecule has 1 heterocycles. The van der Waals surface area contributed by atoms with E-state index >= 15 is 0 Å². The van der Waals surface area contributed by atoms with Crippen LogP contribution in [-0.4, -0.2) is 13.2 Å². The molecule has 3 rings (SSSR count). The average Bonchev–Trinajstić information content (AvgIpc) is 3.00. The number of rotatable bonds is 0. The summed E-state index contributed by atoms with van der Waals surface area (Å²) in [5.74, 6) is 1.84. The van der Waals surface area contributed by atoms with Crippen LogP contribution in [0.4, 0.5) is 0 Å². The Hall–Kier alpha value is -0.560. The third-order valence-corrected chi connectivity index (χ3v) is 3.02. The van der Waals surface area contributed by atoms with Crippen molar-refractivity contribution >= 4 is 0 Å². The first-order valence-corrected chi connectivity index (χ1v) is 5.43. The van der Waals surface area contributed by atoms with Crippen molar-refractivity contribution in [2.75, 3.05) is 13.2 Å². The average molecular weight is 178 g/mol. The van der Waals surface area contributed by atoms with Crippen LogP contribution < -0.4 is 0 Å². The van der Waals surface area contributed by atoms with E-state index in [0.29, 0.717) is 0 Å². The van der Waals surface area contributed by atoms with Gasteiger partial charge in [-0.05, 0) is 30.3 Å². The maximum Gasteiger partial charge on any atom is 0.0716 e. The molecule has 1 unspecified atom stereocenters. The highest BCUT2D eigenvalue weighted by atomic mass is 16.5. The molecule has 0 aromatic carbocycles. The van der Waals surface area contributed by atoms with Crippen molar-refractivity contribution in [1.29, 1.82) is 0 Å². The van der Waals surface area contributed by atoms with Gasteiger partial charge in [0.15, 0.2) is 0 Å². The third-order valence-electron chi connectivity index (χ3n) is 3.02. The fourth-order valence-corrected chi connectivity index (χ4v) is 2.26. The number of fused-ring (bicyclic) bond motifs is 2. The monoisotopic (exact) mass is 178 g/mol. The van der Waals surface area contributed by atoms with Gasteiger partial charge in [-0.25, -0.2) is 0 Å². The normalized spacial score (nSPS) is 34.3. The van der Waals surface area contributed by atoms with Crippen molar-refractivity contribution in [3.05, 3.63) is 23.3 Å². The lowest BCUT2D eigenvalue weighted by Crippen LogP contribution is -2.13. The van der Waals surface area contributed by atoms with Gasteiger partial charge >= 0.3 is 0 Å². The van der Waals surface area contributed by atoms with E-state index in [2.05, 4.69) is 12.2 Å². The lowest BCUT2D eigenvalue weighted by Gasteiger charge is -2.20. The highest BCUT2D eigenvalue weighted by Gasteiger charge is 2.41. The van der Waals surface area contributed by atoms with E-state index in [4.69, 9.17) is 4.74 Å². The number of hydrogen-bond donors (Lipinski definition) is 0. The molecule has 13 heavy (non-hydrogen) atoms. The van der Waals surface area contributed by atoms with Crippen LogP contribution in [0.25, 0.3) is 0 Å². The summed E-state index contributed by atoms with van der Waals surface area (Å²) >= 11 is 0. The molecule has 0 bridgehead atoms. The molecule has 1 aliphatic heterocycles. The summed E-state index contributed by atoms with van der Waals surface area (Å²) in [7, 11) is 0. The van der Waals surface area contributed by atoms with E-state index in [0.717, 1.165) is 25.0 Å². The molecular formula is C12H18O. The van der Waals surface area contributed by atoms with Crippen molar-refractivity contribution in [3.8, 4) is 0 Å². The van der Waals surface area contributed by atoms with Crippen LogP contribution in [0.5, 0.6) is 0 Å². The molecule has 2 atom stereocenters. The lowest BCUT2D eigenvalue weighted by atomic mass is 9.94. The maximum absolute atomic E-state index is 5.40. The molecule has 1 nitrogen and oxygen atoms in total. The zero-order valence-electron chi connectivity index (χ0n) is 8.55. The Bertz CT molecular complexity index is 250. The van der Waals surface area contributed by atoms with Crippen LogP contribution in [0.2, 0.25) is 0 Å². The second-order valence-electron chi connectivity index (χ2n) is 3.72. The Morgan fingerprint density at radius 1 is 1.38 bits per heavy atom. The van der Waals surface area contributed by atoms with Gasteiger partial charge in [0.1, 0.15) is 0 Å². The highest BCUT2D eigenvalue weighted by molar-refractivity contribution is 5.39. The Morgan fingerprint density at radius 3 is 3.08 bits per heavy atom. The summed E-state index contributed by atoms with van der Waals surface area (Å²) in [6, 6.07) is 0. The Balaban J connectivity index is 0.000000308. The molecule has 0 amide bonds. The summed E-state index contributed by atoms with van der Waals surface area (Å²) in [5.41, 5.74) is 3.19. The van der Waals surface area contributed by atoms with Crippen LogP contribution in [0.1, 0.15) is 26.7 Å². The minimum absolute atomic E-state index is 0.870. The number of allylic oxidation sites excluding steroid dienone is 1. The van der Waals surface area contributed by atoms with Gasteiger partial charge in [-0.15, -0.1) is 0 Å². The lowest BCUT2D eigenvalue weighted by molar-refractivity contribution is 0.146. The maximum atomic E-state index is 5.40. The second kappa shape index (κ2) is 3.67. The first kappa shape index (κ1) is 9.01. The Labute approximate surface area is 80.5 Å². The van der Waals surface area contributed by atoms with E-state index < -0.39 is 0 Å². The standard InChI is InChI=1S/C10H12O.C2H6/c1-2-8-6-11-4-3-9(8)10-5-7(1)10;1-2/h1-2,7,10H,3-6H2;1-2H3/t7-,10?;/m1./s1. The summed E-state index contributed by atoms with van der Waals surface area (Å²) in [5, 5.41) is 0. The van der Waals surface area contributed by atoms with Crippen molar-refractivity contribution in [3.63, 3.8) is 0 Å². The van der Waals surface area contributed by atoms with Crippen molar-refractivity contribution in [2.45, 2.75) is 26.7 Å². The smallest absolute Gasteiger partial charge is 0.0716 e. The first-order chi connectivity index (χ1) is 6.45. The predicted octanol–water partition coefficient (Wildman–Crippen LogP) is 2.94. The number of ether oxygens (including phenoxy) is 1. The van der Waals surface area contributed by atoms with E-state index in [1.165, 1.54) is 18.4 Å². The molecule has 0 aromatic heterocycles. The van der Waals surface area contributed by atoms with Gasteiger partial charge in [0.05, 0.1) is 13.2 Å². The molecule has 1 fully saturated rings. The molecule has 0 saturated heterocycles. The van der Waals surface area contributed by atoms with Crippen LogP contribution in [-0.2, 0) is 4.74 Å². The van der Waals surface area contributed by atoms with Crippen molar-refractivity contribution in [1.82, 2.24) is 0 Å². The fraction of sp³-hybridized carbons (Fsp3) is 0.667. The second-order valence-corrected chi connectivity index (χ2v) is 3.72. The number of hydrogen-bond acceptors (Lipinski definition) is 1. The van der Waals surface area contributed by atoms with Crippen LogP contribution in [0.3, 0.4) is 0 Å². The van der Waals surface area contributed by atoms with Crippen LogP contribution in [0, 0.1) is 11.8 Å². The minimum atomic E-state index is 0.870. The largest absolute Gasteiger partial charge is 0.376 e. The molecule has 1 saturated carbocycles. The van der Waals surface area contributed by atoms with Gasteiger partial charge in [0, 0.05) is 0 Å². The third kappa shape index (κ3) is 1.58. The summed E-state index contributed by atoms with van der Waals surface area (Å²) in [6.45, 7) is 5.82. The summed E-state index contributed by atoms with van der Waals surface area (Å²) < 4.78 is 5.40. The molecule has 3 aliphatic rings. The van der Waals surface area contributed by atoms with Gasteiger partial charge in [-0.2, -0.15) is 0 Å². The van der Waals surface area contributed by atoms with Crippen molar-refractivity contribution < 1.29 is 4.74 Å². The zero-order chi connectivity index (χ0) is 9.26. The van der Waals surface area contributed by atoms with E-state index in [1.54, 1.807) is 5.57 Å². The Morgan fingerprint density at radius 2 is 2.23 bits per heavy atom. The topological polar surface area (TPSA) is 9.23 Å². The van der Waals surface area contributed by atoms with E-state index in [9.17, 15) is 0 Å². The van der Waals surface area contributed by atoms with Gasteiger partial charge in [0.25, 0.3) is 0 Å². The summed E-state index contributed by atoms with van der Waals surface area (Å²) in [6.07, 6.45) is 7.25.